The van der Waals surface area contributed by atoms with Gasteiger partial charge < -0.3 is 9.84 Å². The predicted octanol–water partition coefficient (Wildman–Crippen LogP) is 1.74. The van der Waals surface area contributed by atoms with Crippen molar-refractivity contribution in [2.24, 2.45) is 0 Å². The fourth-order valence-electron chi connectivity index (χ4n) is 1.52. The van der Waals surface area contributed by atoms with Crippen LogP contribution in [0.2, 0.25) is 0 Å². The molecule has 0 aliphatic carbocycles. The molecule has 0 spiro atoms. The van der Waals surface area contributed by atoms with Crippen molar-refractivity contribution in [1.82, 2.24) is 4.90 Å². The Hall–Kier alpha value is -1.39. The normalized spacial score (nSPS) is 12.7. The summed E-state index contributed by atoms with van der Waals surface area (Å²) in [6.07, 6.45) is 0. The third-order valence-electron chi connectivity index (χ3n) is 2.78. The summed E-state index contributed by atoms with van der Waals surface area (Å²) in [6.45, 7) is 2.91. The van der Waals surface area contributed by atoms with E-state index in [1.165, 1.54) is 0 Å². The Labute approximate surface area is 102 Å². The van der Waals surface area contributed by atoms with E-state index in [4.69, 9.17) is 9.84 Å². The number of hydrogen-bond acceptors (Lipinski definition) is 3. The number of benzene rings is 1. The SMILES string of the molecule is COCc1ccc(CN(C)C(C)C(=O)O)cc1. The smallest absolute Gasteiger partial charge is 0.320 e. The monoisotopic (exact) mass is 237 g/mol. The van der Waals surface area contributed by atoms with Crippen LogP contribution in [0.5, 0.6) is 0 Å². The summed E-state index contributed by atoms with van der Waals surface area (Å²) in [7, 11) is 3.47. The first-order valence-electron chi connectivity index (χ1n) is 5.54. The Bertz CT molecular complexity index is 361. The average molecular weight is 237 g/mol. The lowest BCUT2D eigenvalue weighted by atomic mass is 10.1. The lowest BCUT2D eigenvalue weighted by Gasteiger charge is -2.21. The maximum Gasteiger partial charge on any atom is 0.320 e. The van der Waals surface area contributed by atoms with Gasteiger partial charge in [-0.2, -0.15) is 0 Å². The van der Waals surface area contributed by atoms with Crippen LogP contribution < -0.4 is 0 Å². The van der Waals surface area contributed by atoms with Gasteiger partial charge in [-0.3, -0.25) is 9.69 Å². The van der Waals surface area contributed by atoms with Crippen molar-refractivity contribution >= 4 is 5.97 Å². The van der Waals surface area contributed by atoms with E-state index in [1.54, 1.807) is 18.9 Å². The van der Waals surface area contributed by atoms with Crippen LogP contribution in [0.4, 0.5) is 0 Å². The van der Waals surface area contributed by atoms with Gasteiger partial charge in [-0.05, 0) is 25.1 Å². The summed E-state index contributed by atoms with van der Waals surface area (Å²) in [4.78, 5) is 12.6. The molecule has 1 N–H and O–H groups in total. The van der Waals surface area contributed by atoms with E-state index in [1.807, 2.05) is 31.3 Å². The van der Waals surface area contributed by atoms with E-state index in [0.717, 1.165) is 11.1 Å². The van der Waals surface area contributed by atoms with Crippen molar-refractivity contribution in [2.45, 2.75) is 26.1 Å². The molecule has 0 amide bonds. The molecule has 1 unspecified atom stereocenters. The minimum atomic E-state index is -0.802. The van der Waals surface area contributed by atoms with Gasteiger partial charge in [-0.1, -0.05) is 24.3 Å². The highest BCUT2D eigenvalue weighted by molar-refractivity contribution is 5.72. The van der Waals surface area contributed by atoms with Crippen molar-refractivity contribution in [1.29, 1.82) is 0 Å². The van der Waals surface area contributed by atoms with Gasteiger partial charge in [-0.25, -0.2) is 0 Å². The van der Waals surface area contributed by atoms with E-state index >= 15 is 0 Å². The largest absolute Gasteiger partial charge is 0.480 e. The van der Waals surface area contributed by atoms with Crippen LogP contribution in [-0.4, -0.2) is 36.2 Å². The van der Waals surface area contributed by atoms with Gasteiger partial charge in [0.05, 0.1) is 6.61 Å². The van der Waals surface area contributed by atoms with Crippen molar-refractivity contribution in [3.63, 3.8) is 0 Å². The molecule has 0 fully saturated rings. The molecule has 0 aromatic heterocycles. The molecular weight excluding hydrogens is 218 g/mol. The molecule has 17 heavy (non-hydrogen) atoms. The van der Waals surface area contributed by atoms with Crippen molar-refractivity contribution < 1.29 is 14.6 Å². The molecule has 4 heteroatoms. The van der Waals surface area contributed by atoms with Gasteiger partial charge in [0.2, 0.25) is 0 Å². The Kier molecular flexibility index (Phi) is 5.12. The quantitative estimate of drug-likeness (QED) is 0.818. The zero-order chi connectivity index (χ0) is 12.8. The zero-order valence-corrected chi connectivity index (χ0v) is 10.5. The van der Waals surface area contributed by atoms with Crippen LogP contribution >= 0.6 is 0 Å². The highest BCUT2D eigenvalue weighted by Crippen LogP contribution is 2.09. The Morgan fingerprint density at radius 2 is 1.88 bits per heavy atom. The van der Waals surface area contributed by atoms with Crippen molar-refractivity contribution in [2.75, 3.05) is 14.2 Å². The number of carboxylic acid groups (broad SMARTS) is 1. The van der Waals surface area contributed by atoms with E-state index < -0.39 is 12.0 Å². The Balaban J connectivity index is 2.59. The first-order valence-corrected chi connectivity index (χ1v) is 5.54. The van der Waals surface area contributed by atoms with Crippen LogP contribution in [0.25, 0.3) is 0 Å². The van der Waals surface area contributed by atoms with E-state index in [9.17, 15) is 4.79 Å². The minimum absolute atomic E-state index is 0.478. The summed E-state index contributed by atoms with van der Waals surface area (Å²) in [5.74, 6) is -0.802. The van der Waals surface area contributed by atoms with E-state index in [-0.39, 0.29) is 0 Å². The van der Waals surface area contributed by atoms with Crippen molar-refractivity contribution in [3.05, 3.63) is 35.4 Å². The van der Waals surface area contributed by atoms with Gasteiger partial charge >= 0.3 is 5.97 Å². The number of likely N-dealkylation sites (N-methyl/N-ethyl adjacent to an activating group) is 1. The topological polar surface area (TPSA) is 49.8 Å². The summed E-state index contributed by atoms with van der Waals surface area (Å²) in [5.41, 5.74) is 2.21. The number of hydrogen-bond donors (Lipinski definition) is 1. The van der Waals surface area contributed by atoms with Gasteiger partial charge in [-0.15, -0.1) is 0 Å². The maximum atomic E-state index is 10.8. The number of ether oxygens (including phenoxy) is 1. The number of carboxylic acids is 1. The number of nitrogens with zero attached hydrogens (tertiary/aromatic N) is 1. The second kappa shape index (κ2) is 6.37. The first-order chi connectivity index (χ1) is 8.04. The Morgan fingerprint density at radius 3 is 2.35 bits per heavy atom. The summed E-state index contributed by atoms with van der Waals surface area (Å²) < 4.78 is 5.03. The molecule has 0 saturated carbocycles. The molecule has 0 radical (unpaired) electrons. The van der Waals surface area contributed by atoms with Crippen molar-refractivity contribution in [3.8, 4) is 0 Å². The summed E-state index contributed by atoms with van der Waals surface area (Å²) in [6, 6.07) is 7.52. The molecule has 0 aliphatic rings. The molecule has 1 rings (SSSR count). The highest BCUT2D eigenvalue weighted by atomic mass is 16.5. The molecule has 1 aromatic rings. The Morgan fingerprint density at radius 1 is 1.35 bits per heavy atom. The second-order valence-electron chi connectivity index (χ2n) is 4.18. The van der Waals surface area contributed by atoms with Crippen LogP contribution in [0, 0.1) is 0 Å². The zero-order valence-electron chi connectivity index (χ0n) is 10.5. The molecule has 1 aromatic carbocycles. The highest BCUT2D eigenvalue weighted by Gasteiger charge is 2.16. The number of rotatable bonds is 6. The maximum absolute atomic E-state index is 10.8. The lowest BCUT2D eigenvalue weighted by molar-refractivity contribution is -0.142. The predicted molar refractivity (Wildman–Crippen MR) is 65.7 cm³/mol. The van der Waals surface area contributed by atoms with E-state index in [0.29, 0.717) is 13.2 Å². The van der Waals surface area contributed by atoms with Crippen LogP contribution in [-0.2, 0) is 22.7 Å². The number of methoxy groups -OCH3 is 1. The molecule has 1 atom stereocenters. The lowest BCUT2D eigenvalue weighted by Crippen LogP contribution is -2.35. The molecule has 0 bridgehead atoms. The van der Waals surface area contributed by atoms with Crippen LogP contribution in [0.1, 0.15) is 18.1 Å². The van der Waals surface area contributed by atoms with Gasteiger partial charge in [0.25, 0.3) is 0 Å². The number of carbonyl (C=O) groups is 1. The first kappa shape index (κ1) is 13.7. The third kappa shape index (κ3) is 4.17. The molecule has 0 aliphatic heterocycles. The summed E-state index contributed by atoms with van der Waals surface area (Å²) >= 11 is 0. The van der Waals surface area contributed by atoms with E-state index in [2.05, 4.69) is 0 Å². The van der Waals surface area contributed by atoms with Crippen LogP contribution in [0.15, 0.2) is 24.3 Å². The van der Waals surface area contributed by atoms with Gasteiger partial charge in [0, 0.05) is 13.7 Å². The third-order valence-corrected chi connectivity index (χ3v) is 2.78. The molecular formula is C13H19NO3. The summed E-state index contributed by atoms with van der Waals surface area (Å²) in [5, 5.41) is 8.89. The molecule has 0 saturated heterocycles. The van der Waals surface area contributed by atoms with Crippen LogP contribution in [0.3, 0.4) is 0 Å². The molecule has 4 nitrogen and oxygen atoms in total. The van der Waals surface area contributed by atoms with Gasteiger partial charge in [0.1, 0.15) is 6.04 Å². The fourth-order valence-corrected chi connectivity index (χ4v) is 1.52. The standard InChI is InChI=1S/C13H19NO3/c1-10(13(15)16)14(2)8-11-4-6-12(7-5-11)9-17-3/h4-7,10H,8-9H2,1-3H3,(H,15,16). The molecule has 0 heterocycles. The van der Waals surface area contributed by atoms with Gasteiger partial charge in [0.15, 0.2) is 0 Å². The minimum Gasteiger partial charge on any atom is -0.480 e. The fraction of sp³-hybridized carbons (Fsp3) is 0.462. The average Bonchev–Trinajstić information content (AvgIpc) is 2.30. The second-order valence-corrected chi connectivity index (χ2v) is 4.18. The molecule has 94 valence electrons. The number of aliphatic carboxylic acids is 1.